The van der Waals surface area contributed by atoms with E-state index in [-0.39, 0.29) is 52.8 Å². The van der Waals surface area contributed by atoms with E-state index in [1.54, 1.807) is 13.0 Å². The molecule has 8 nitrogen and oxygen atoms in total. The van der Waals surface area contributed by atoms with Crippen LogP contribution in [0, 0.1) is 27.9 Å². The van der Waals surface area contributed by atoms with Gasteiger partial charge in [-0.3, -0.25) is 15.8 Å². The number of rotatable bonds is 6. The van der Waals surface area contributed by atoms with E-state index in [1.165, 1.54) is 32.1 Å². The third-order valence-electron chi connectivity index (χ3n) is 4.16. The molecular weight excluding hydrogens is 454 g/mol. The minimum absolute atomic E-state index is 0.0685. The number of nitrogens with one attached hydrogen (secondary N) is 3. The summed E-state index contributed by atoms with van der Waals surface area (Å²) in [5, 5.41) is 43.2. The number of aliphatic hydroxyl groups is 2. The molecule has 35 heavy (non-hydrogen) atoms. The standard InChI is InChI=1S/C19H20F2N6.C2H6O2.2C2H6/c1-5-6-12-15(25-4)9-13(20)17(18(12)21)10(2)19(24)27-16(23)8-7-14(26-27)11(3)22;3-1-2-4;2*1-2/h5-10,22-24H,4H2,1-3H3;3-4H,1-2H2;2*1-2H3/b6-5-,22-11?,23-16?,24-19?;;;. The second-order valence-electron chi connectivity index (χ2n) is 6.37. The van der Waals surface area contributed by atoms with Gasteiger partial charge in [0, 0.05) is 23.1 Å². The van der Waals surface area contributed by atoms with Crippen LogP contribution in [0.4, 0.5) is 14.5 Å². The Morgan fingerprint density at radius 2 is 1.71 bits per heavy atom. The molecule has 1 atom stereocenters. The Morgan fingerprint density at radius 1 is 1.17 bits per heavy atom. The maximum atomic E-state index is 15.0. The van der Waals surface area contributed by atoms with Crippen molar-refractivity contribution in [3.05, 3.63) is 58.2 Å². The third-order valence-corrected chi connectivity index (χ3v) is 4.16. The highest BCUT2D eigenvalue weighted by molar-refractivity contribution is 5.95. The number of aromatic nitrogens is 2. The average Bonchev–Trinajstić information content (AvgIpc) is 2.87. The number of aliphatic hydroxyl groups excluding tert-OH is 2. The summed E-state index contributed by atoms with van der Waals surface area (Å²) >= 11 is 0. The van der Waals surface area contributed by atoms with E-state index in [0.717, 1.165) is 10.7 Å². The second kappa shape index (κ2) is 18.0. The van der Waals surface area contributed by atoms with Crippen LogP contribution in [0.15, 0.2) is 29.3 Å². The minimum atomic E-state index is -1.03. The summed E-state index contributed by atoms with van der Waals surface area (Å²) < 4.78 is 30.6. The molecule has 0 bridgehead atoms. The van der Waals surface area contributed by atoms with Crippen molar-refractivity contribution < 1.29 is 19.0 Å². The highest BCUT2D eigenvalue weighted by Gasteiger charge is 2.25. The van der Waals surface area contributed by atoms with Crippen molar-refractivity contribution in [1.82, 2.24) is 9.78 Å². The first kappa shape index (κ1) is 33.8. The van der Waals surface area contributed by atoms with Gasteiger partial charge in [0.1, 0.15) is 28.7 Å². The maximum Gasteiger partial charge on any atom is 0.148 e. The molecule has 0 saturated heterocycles. The Kier molecular flexibility index (Phi) is 17.4. The van der Waals surface area contributed by atoms with Gasteiger partial charge >= 0.3 is 0 Å². The summed E-state index contributed by atoms with van der Waals surface area (Å²) in [5.41, 5.74) is 0.126. The first-order chi connectivity index (χ1) is 16.6. The molecule has 1 heterocycles. The first-order valence-electron chi connectivity index (χ1n) is 11.3. The van der Waals surface area contributed by atoms with Crippen LogP contribution in [0.5, 0.6) is 0 Å². The molecule has 2 aromatic rings. The summed E-state index contributed by atoms with van der Waals surface area (Å²) in [6.45, 7) is 15.8. The lowest BCUT2D eigenvalue weighted by molar-refractivity contribution is 0.186. The van der Waals surface area contributed by atoms with Crippen LogP contribution in [-0.2, 0) is 0 Å². The van der Waals surface area contributed by atoms with Gasteiger partial charge < -0.3 is 15.6 Å². The number of hydrogen-bond acceptors (Lipinski definition) is 7. The quantitative estimate of drug-likeness (QED) is 0.284. The summed E-state index contributed by atoms with van der Waals surface area (Å²) in [6.07, 6.45) is 3.05. The van der Waals surface area contributed by atoms with Crippen molar-refractivity contribution in [1.29, 1.82) is 16.2 Å². The summed E-state index contributed by atoms with van der Waals surface area (Å²) in [6, 6.07) is 3.93. The van der Waals surface area contributed by atoms with Gasteiger partial charge in [0.15, 0.2) is 0 Å². The minimum Gasteiger partial charge on any atom is -0.394 e. The van der Waals surface area contributed by atoms with E-state index >= 15 is 4.39 Å². The molecule has 1 aromatic carbocycles. The van der Waals surface area contributed by atoms with Crippen molar-refractivity contribution in [2.24, 2.45) is 4.99 Å². The Bertz CT molecular complexity index is 1060. The van der Waals surface area contributed by atoms with Crippen LogP contribution < -0.4 is 5.49 Å². The molecule has 1 aromatic heterocycles. The molecule has 194 valence electrons. The highest BCUT2D eigenvalue weighted by atomic mass is 19.1. The molecule has 0 amide bonds. The van der Waals surface area contributed by atoms with Crippen LogP contribution in [0.25, 0.3) is 6.08 Å². The summed E-state index contributed by atoms with van der Waals surface area (Å²) in [7, 11) is 0. The van der Waals surface area contributed by atoms with Crippen LogP contribution in [0.2, 0.25) is 0 Å². The monoisotopic (exact) mass is 492 g/mol. The van der Waals surface area contributed by atoms with E-state index < -0.39 is 17.6 Å². The molecule has 0 aliphatic carbocycles. The van der Waals surface area contributed by atoms with Gasteiger partial charge in [0.2, 0.25) is 0 Å². The fourth-order valence-corrected chi connectivity index (χ4v) is 2.62. The van der Waals surface area contributed by atoms with Gasteiger partial charge in [-0.15, -0.1) is 0 Å². The topological polar surface area (TPSA) is 142 Å². The van der Waals surface area contributed by atoms with Gasteiger partial charge in [0.05, 0.1) is 24.6 Å². The number of halogens is 2. The fourth-order valence-electron chi connectivity index (χ4n) is 2.62. The molecule has 0 aliphatic heterocycles. The van der Waals surface area contributed by atoms with E-state index in [4.69, 9.17) is 26.4 Å². The zero-order valence-corrected chi connectivity index (χ0v) is 21.6. The lowest BCUT2D eigenvalue weighted by Crippen LogP contribution is -2.33. The fraction of sp³-hybridized carbons (Fsp3) is 0.400. The zero-order chi connectivity index (χ0) is 27.7. The largest absolute Gasteiger partial charge is 0.394 e. The van der Waals surface area contributed by atoms with Gasteiger partial charge in [-0.2, -0.15) is 5.10 Å². The number of allylic oxidation sites excluding steroid dienone is 1. The Labute approximate surface area is 206 Å². The van der Waals surface area contributed by atoms with Crippen LogP contribution in [-0.4, -0.2) is 51.5 Å². The average molecular weight is 493 g/mol. The Morgan fingerprint density at radius 3 is 2.14 bits per heavy atom. The normalized spacial score (nSPS) is 10.6. The summed E-state index contributed by atoms with van der Waals surface area (Å²) in [4.78, 5) is 3.65. The molecule has 0 radical (unpaired) electrons. The van der Waals surface area contributed by atoms with E-state index in [0.29, 0.717) is 0 Å². The molecule has 0 spiro atoms. The molecular formula is C25H38F2N6O2. The number of benzene rings is 1. The molecule has 5 N–H and O–H groups in total. The Hall–Kier alpha value is -3.37. The van der Waals surface area contributed by atoms with Crippen molar-refractivity contribution in [3.63, 3.8) is 0 Å². The molecule has 1 unspecified atom stereocenters. The highest BCUT2D eigenvalue weighted by Crippen LogP contribution is 2.33. The number of nitrogens with zero attached hydrogens (tertiary/aromatic N) is 3. The van der Waals surface area contributed by atoms with Gasteiger partial charge in [-0.25, -0.2) is 13.5 Å². The molecule has 0 aliphatic rings. The third kappa shape index (κ3) is 9.42. The van der Waals surface area contributed by atoms with Gasteiger partial charge in [-0.05, 0) is 32.7 Å². The number of hydrogen-bond donors (Lipinski definition) is 5. The maximum absolute atomic E-state index is 15.0. The van der Waals surface area contributed by atoms with Crippen LogP contribution >= 0.6 is 0 Å². The lowest BCUT2D eigenvalue weighted by Gasteiger charge is -2.19. The van der Waals surface area contributed by atoms with E-state index in [2.05, 4.69) is 16.8 Å². The van der Waals surface area contributed by atoms with E-state index in [9.17, 15) is 4.39 Å². The smallest absolute Gasteiger partial charge is 0.148 e. The lowest BCUT2D eigenvalue weighted by atomic mass is 9.95. The molecule has 10 heteroatoms. The van der Waals surface area contributed by atoms with Gasteiger partial charge in [-0.1, -0.05) is 46.8 Å². The first-order valence-corrected chi connectivity index (χ1v) is 11.3. The molecule has 0 fully saturated rings. The van der Waals surface area contributed by atoms with Gasteiger partial charge in [0.25, 0.3) is 0 Å². The SMILES string of the molecule is C=Nc1cc(F)c(C(C)C(=N)n2nc(C(C)=N)ccc2=N)c(F)c1/C=C\C.CC.CC.OCCO. The number of aliphatic imine (C=N–C) groups is 1. The van der Waals surface area contributed by atoms with Crippen LogP contribution in [0.1, 0.15) is 71.2 Å². The Balaban J connectivity index is 0. The zero-order valence-electron chi connectivity index (χ0n) is 21.6. The van der Waals surface area contributed by atoms with Crippen molar-refractivity contribution >= 4 is 30.0 Å². The summed E-state index contributed by atoms with van der Waals surface area (Å²) in [5.74, 6) is -3.01. The van der Waals surface area contributed by atoms with Crippen molar-refractivity contribution in [2.45, 2.75) is 54.4 Å². The predicted octanol–water partition coefficient (Wildman–Crippen LogP) is 5.05. The van der Waals surface area contributed by atoms with Crippen LogP contribution in [0.3, 0.4) is 0 Å². The van der Waals surface area contributed by atoms with E-state index in [1.807, 2.05) is 27.7 Å². The van der Waals surface area contributed by atoms with Crippen molar-refractivity contribution in [2.75, 3.05) is 13.2 Å². The molecule has 2 rings (SSSR count). The predicted molar refractivity (Wildman–Crippen MR) is 139 cm³/mol. The second-order valence-corrected chi connectivity index (χ2v) is 6.37. The molecule has 0 saturated carbocycles. The van der Waals surface area contributed by atoms with Crippen molar-refractivity contribution in [3.8, 4) is 0 Å².